The van der Waals surface area contributed by atoms with Crippen LogP contribution in [0.15, 0.2) is 6.20 Å². The molecule has 0 radical (unpaired) electrons. The Labute approximate surface area is 139 Å². The lowest BCUT2D eigenvalue weighted by molar-refractivity contribution is 0.0275. The summed E-state index contributed by atoms with van der Waals surface area (Å²) in [5.74, 6) is 0. The van der Waals surface area contributed by atoms with E-state index in [0.717, 1.165) is 32.6 Å². The van der Waals surface area contributed by atoms with Gasteiger partial charge in [-0.1, -0.05) is 6.92 Å². The summed E-state index contributed by atoms with van der Waals surface area (Å²) in [5, 5.41) is 7.77. The third-order valence-corrected chi connectivity index (χ3v) is 4.41. The minimum absolute atomic E-state index is 0.0903. The average Bonchev–Trinajstić information content (AvgIpc) is 2.95. The lowest BCUT2D eigenvalue weighted by Gasteiger charge is -2.27. The number of amides is 1. The molecular formula is C17H30N4O2. The monoisotopic (exact) mass is 322 g/mol. The van der Waals surface area contributed by atoms with Gasteiger partial charge in [0.25, 0.3) is 0 Å². The molecular weight excluding hydrogens is 292 g/mol. The minimum Gasteiger partial charge on any atom is -0.444 e. The van der Waals surface area contributed by atoms with Crippen molar-refractivity contribution >= 4 is 6.09 Å². The smallest absolute Gasteiger partial charge is 0.410 e. The molecule has 1 aliphatic heterocycles. The first kappa shape index (κ1) is 17.8. The number of nitrogens with one attached hydrogen (secondary N) is 1. The second-order valence-corrected chi connectivity index (χ2v) is 7.94. The van der Waals surface area contributed by atoms with E-state index in [-0.39, 0.29) is 11.5 Å². The highest BCUT2D eigenvalue weighted by Gasteiger charge is 2.37. The highest BCUT2D eigenvalue weighted by molar-refractivity contribution is 5.68. The number of likely N-dealkylation sites (tertiary alicyclic amines) is 1. The summed E-state index contributed by atoms with van der Waals surface area (Å²) in [4.78, 5) is 14.0. The lowest BCUT2D eigenvalue weighted by Crippen LogP contribution is -2.39. The summed E-state index contributed by atoms with van der Waals surface area (Å²) in [5.41, 5.74) is 2.06. The maximum absolute atomic E-state index is 12.2. The van der Waals surface area contributed by atoms with Crippen LogP contribution in [0.5, 0.6) is 0 Å². The molecule has 2 heterocycles. The van der Waals surface area contributed by atoms with Crippen LogP contribution in [0, 0.1) is 12.3 Å². The first-order valence-corrected chi connectivity index (χ1v) is 8.26. The van der Waals surface area contributed by atoms with E-state index in [2.05, 4.69) is 24.3 Å². The second-order valence-electron chi connectivity index (χ2n) is 7.94. The van der Waals surface area contributed by atoms with Crippen molar-refractivity contribution in [3.63, 3.8) is 0 Å². The molecule has 0 aromatic carbocycles. The number of ether oxygens (including phenoxy) is 1. The van der Waals surface area contributed by atoms with Gasteiger partial charge >= 0.3 is 6.09 Å². The van der Waals surface area contributed by atoms with E-state index in [4.69, 9.17) is 4.74 Å². The predicted molar refractivity (Wildman–Crippen MR) is 90.2 cm³/mol. The summed E-state index contributed by atoms with van der Waals surface area (Å²) in [6.45, 7) is 13.2. The molecule has 0 saturated carbocycles. The molecule has 1 aromatic rings. The van der Waals surface area contributed by atoms with Crippen molar-refractivity contribution in [1.82, 2.24) is 20.0 Å². The van der Waals surface area contributed by atoms with Gasteiger partial charge < -0.3 is 15.0 Å². The molecule has 1 fully saturated rings. The number of nitrogens with zero attached hydrogens (tertiary/aromatic N) is 3. The van der Waals surface area contributed by atoms with Gasteiger partial charge in [-0.3, -0.25) is 4.68 Å². The topological polar surface area (TPSA) is 59.4 Å². The Morgan fingerprint density at radius 3 is 2.74 bits per heavy atom. The number of aryl methyl sites for hydroxylation is 1. The highest BCUT2D eigenvalue weighted by Crippen LogP contribution is 2.30. The lowest BCUT2D eigenvalue weighted by atomic mass is 9.90. The Balaban J connectivity index is 1.82. The van der Waals surface area contributed by atoms with E-state index in [0.29, 0.717) is 0 Å². The van der Waals surface area contributed by atoms with Gasteiger partial charge in [0.05, 0.1) is 6.20 Å². The largest absolute Gasteiger partial charge is 0.444 e. The summed E-state index contributed by atoms with van der Waals surface area (Å²) in [6, 6.07) is 0. The van der Waals surface area contributed by atoms with E-state index in [1.807, 2.05) is 43.6 Å². The van der Waals surface area contributed by atoms with Crippen LogP contribution in [0.3, 0.4) is 0 Å². The normalized spacial score (nSPS) is 21.7. The molecule has 130 valence electrons. The van der Waals surface area contributed by atoms with Crippen LogP contribution in [-0.2, 0) is 18.3 Å². The van der Waals surface area contributed by atoms with Crippen molar-refractivity contribution in [3.05, 3.63) is 17.5 Å². The van der Waals surface area contributed by atoms with E-state index in [1.165, 1.54) is 11.3 Å². The van der Waals surface area contributed by atoms with Gasteiger partial charge in [0.15, 0.2) is 0 Å². The maximum atomic E-state index is 12.2. The zero-order valence-electron chi connectivity index (χ0n) is 15.3. The molecule has 6 heteroatoms. The number of hydrogen-bond donors (Lipinski definition) is 1. The maximum Gasteiger partial charge on any atom is 0.410 e. The van der Waals surface area contributed by atoms with Gasteiger partial charge in [-0.2, -0.15) is 5.10 Å². The molecule has 1 atom stereocenters. The number of rotatable bonds is 4. The van der Waals surface area contributed by atoms with Crippen LogP contribution in [0.25, 0.3) is 0 Å². The molecule has 23 heavy (non-hydrogen) atoms. The molecule has 0 aliphatic carbocycles. The Bertz CT molecular complexity index is 561. The summed E-state index contributed by atoms with van der Waals surface area (Å²) in [6.07, 6.45) is 2.70. The van der Waals surface area contributed by atoms with E-state index in [1.54, 1.807) is 0 Å². The number of aromatic nitrogens is 2. The summed E-state index contributed by atoms with van der Waals surface area (Å²) >= 11 is 0. The van der Waals surface area contributed by atoms with Crippen molar-refractivity contribution in [2.24, 2.45) is 12.5 Å². The fourth-order valence-electron chi connectivity index (χ4n) is 2.87. The Kier molecular flexibility index (Phi) is 5.04. The van der Waals surface area contributed by atoms with Gasteiger partial charge in [0, 0.05) is 44.5 Å². The molecule has 1 saturated heterocycles. The highest BCUT2D eigenvalue weighted by atomic mass is 16.6. The van der Waals surface area contributed by atoms with Crippen molar-refractivity contribution < 1.29 is 9.53 Å². The van der Waals surface area contributed by atoms with Gasteiger partial charge in [-0.15, -0.1) is 0 Å². The van der Waals surface area contributed by atoms with Crippen LogP contribution in [0.1, 0.15) is 45.4 Å². The third-order valence-electron chi connectivity index (χ3n) is 4.41. The average molecular weight is 322 g/mol. The van der Waals surface area contributed by atoms with Crippen LogP contribution in [0.4, 0.5) is 4.79 Å². The predicted octanol–water partition coefficient (Wildman–Crippen LogP) is 2.47. The Morgan fingerprint density at radius 2 is 2.17 bits per heavy atom. The first-order chi connectivity index (χ1) is 10.6. The SMILES string of the molecule is Cc1c(CNC[C@@]2(C)CCN(C(=O)OC(C)(C)C)C2)cnn1C. The molecule has 1 aliphatic rings. The summed E-state index contributed by atoms with van der Waals surface area (Å²) in [7, 11) is 1.95. The fourth-order valence-corrected chi connectivity index (χ4v) is 2.87. The molecule has 6 nitrogen and oxygen atoms in total. The van der Waals surface area contributed by atoms with Gasteiger partial charge in [-0.25, -0.2) is 4.79 Å². The third kappa shape index (κ3) is 4.70. The molecule has 0 spiro atoms. The number of carbonyl (C=O) groups excluding carboxylic acids is 1. The molecule has 0 unspecified atom stereocenters. The zero-order valence-corrected chi connectivity index (χ0v) is 15.3. The van der Waals surface area contributed by atoms with Gasteiger partial charge in [0.2, 0.25) is 0 Å². The van der Waals surface area contributed by atoms with Crippen molar-refractivity contribution in [2.75, 3.05) is 19.6 Å². The quantitative estimate of drug-likeness (QED) is 0.925. The second kappa shape index (κ2) is 6.51. The minimum atomic E-state index is -0.438. The number of hydrogen-bond acceptors (Lipinski definition) is 4. The summed E-state index contributed by atoms with van der Waals surface area (Å²) < 4.78 is 7.35. The molecule has 0 bridgehead atoms. The number of carbonyl (C=O) groups is 1. The molecule has 2 rings (SSSR count). The first-order valence-electron chi connectivity index (χ1n) is 8.26. The van der Waals surface area contributed by atoms with Crippen LogP contribution in [-0.4, -0.2) is 46.0 Å². The Hall–Kier alpha value is -1.56. The molecule has 1 aromatic heterocycles. The zero-order chi connectivity index (χ0) is 17.3. The molecule has 1 amide bonds. The van der Waals surface area contributed by atoms with Crippen molar-refractivity contribution in [1.29, 1.82) is 0 Å². The van der Waals surface area contributed by atoms with Crippen LogP contribution in [0.2, 0.25) is 0 Å². The van der Waals surface area contributed by atoms with Crippen molar-refractivity contribution in [3.8, 4) is 0 Å². The van der Waals surface area contributed by atoms with Gasteiger partial charge in [-0.05, 0) is 39.5 Å². The standard InChI is InChI=1S/C17H30N4O2/c1-13-14(10-19-20(13)6)9-18-11-17(5)7-8-21(12-17)15(22)23-16(2,3)4/h10,18H,7-9,11-12H2,1-6H3/t17-/m1/s1. The van der Waals surface area contributed by atoms with Crippen molar-refractivity contribution in [2.45, 2.75) is 53.2 Å². The van der Waals surface area contributed by atoms with E-state index >= 15 is 0 Å². The Morgan fingerprint density at radius 1 is 1.48 bits per heavy atom. The molecule has 1 N–H and O–H groups in total. The van der Waals surface area contributed by atoms with Crippen LogP contribution < -0.4 is 5.32 Å². The van der Waals surface area contributed by atoms with E-state index in [9.17, 15) is 4.79 Å². The van der Waals surface area contributed by atoms with Crippen LogP contribution >= 0.6 is 0 Å². The fraction of sp³-hybridized carbons (Fsp3) is 0.765. The van der Waals surface area contributed by atoms with E-state index < -0.39 is 5.60 Å². The van der Waals surface area contributed by atoms with Gasteiger partial charge in [0.1, 0.15) is 5.60 Å².